The Balaban J connectivity index is 2.04. The summed E-state index contributed by atoms with van der Waals surface area (Å²) in [7, 11) is 0. The molecule has 0 aliphatic heterocycles. The Labute approximate surface area is 103 Å². The van der Waals surface area contributed by atoms with E-state index in [-0.39, 0.29) is 12.3 Å². The summed E-state index contributed by atoms with van der Waals surface area (Å²) < 4.78 is 5.87. The van der Waals surface area contributed by atoms with Crippen LogP contribution < -0.4 is 0 Å². The van der Waals surface area contributed by atoms with Gasteiger partial charge in [-0.3, -0.25) is 0 Å². The van der Waals surface area contributed by atoms with Gasteiger partial charge in [0.1, 0.15) is 12.3 Å². The minimum Gasteiger partial charge on any atom is -0.464 e. The standard InChI is InChI=1S/C13H11NO4/c15-12(11-7-4-8-14(11)13(16)17)18-9-10-5-2-1-3-6-10/h1-8H,9H2,(H,16,17). The molecule has 0 aliphatic carbocycles. The minimum absolute atomic E-state index is 0.00145. The van der Waals surface area contributed by atoms with Gasteiger partial charge in [0.05, 0.1) is 0 Å². The lowest BCUT2D eigenvalue weighted by molar-refractivity contribution is 0.0460. The number of carbonyl (C=O) groups is 2. The molecule has 0 radical (unpaired) electrons. The van der Waals surface area contributed by atoms with Gasteiger partial charge >= 0.3 is 12.1 Å². The maximum atomic E-state index is 11.7. The molecule has 92 valence electrons. The second-order valence-electron chi connectivity index (χ2n) is 3.61. The van der Waals surface area contributed by atoms with E-state index in [1.54, 1.807) is 0 Å². The number of carbonyl (C=O) groups excluding carboxylic acids is 1. The second kappa shape index (κ2) is 5.18. The van der Waals surface area contributed by atoms with Crippen molar-refractivity contribution in [1.82, 2.24) is 4.57 Å². The molecule has 2 rings (SSSR count). The SMILES string of the molecule is O=C(OCc1ccccc1)c1cccn1C(=O)O. The van der Waals surface area contributed by atoms with Crippen LogP contribution in [0.15, 0.2) is 48.7 Å². The summed E-state index contributed by atoms with van der Waals surface area (Å²) in [6.07, 6.45) is 0.0770. The molecular formula is C13H11NO4. The first-order chi connectivity index (χ1) is 8.68. The zero-order chi connectivity index (χ0) is 13.0. The van der Waals surface area contributed by atoms with Crippen LogP contribution in [0.5, 0.6) is 0 Å². The van der Waals surface area contributed by atoms with Crippen molar-refractivity contribution in [2.24, 2.45) is 0 Å². The first-order valence-corrected chi connectivity index (χ1v) is 5.30. The molecule has 0 saturated heterocycles. The predicted molar refractivity (Wildman–Crippen MR) is 63.4 cm³/mol. The van der Waals surface area contributed by atoms with E-state index in [0.717, 1.165) is 10.1 Å². The maximum Gasteiger partial charge on any atom is 0.416 e. The summed E-state index contributed by atoms with van der Waals surface area (Å²) in [6, 6.07) is 12.1. The third-order valence-electron chi connectivity index (χ3n) is 2.38. The number of rotatable bonds is 3. The highest BCUT2D eigenvalue weighted by atomic mass is 16.5. The molecule has 0 unspecified atom stereocenters. The number of hydrogen-bond acceptors (Lipinski definition) is 3. The largest absolute Gasteiger partial charge is 0.464 e. The molecule has 0 bridgehead atoms. The zero-order valence-electron chi connectivity index (χ0n) is 9.45. The lowest BCUT2D eigenvalue weighted by Crippen LogP contribution is -2.16. The summed E-state index contributed by atoms with van der Waals surface area (Å²) in [5.74, 6) is -0.661. The lowest BCUT2D eigenvalue weighted by Gasteiger charge is -2.05. The molecule has 0 saturated carbocycles. The van der Waals surface area contributed by atoms with Crippen molar-refractivity contribution < 1.29 is 19.4 Å². The van der Waals surface area contributed by atoms with Crippen molar-refractivity contribution in [3.05, 3.63) is 59.9 Å². The predicted octanol–water partition coefficient (Wildman–Crippen LogP) is 2.37. The van der Waals surface area contributed by atoms with E-state index in [1.165, 1.54) is 18.3 Å². The van der Waals surface area contributed by atoms with E-state index in [4.69, 9.17) is 9.84 Å². The molecular weight excluding hydrogens is 234 g/mol. The van der Waals surface area contributed by atoms with Crippen LogP contribution in [0.4, 0.5) is 4.79 Å². The number of nitrogens with zero attached hydrogens (tertiary/aromatic N) is 1. The monoisotopic (exact) mass is 245 g/mol. The van der Waals surface area contributed by atoms with Gasteiger partial charge in [-0.2, -0.15) is 0 Å². The van der Waals surface area contributed by atoms with E-state index >= 15 is 0 Å². The zero-order valence-corrected chi connectivity index (χ0v) is 9.45. The van der Waals surface area contributed by atoms with E-state index in [1.807, 2.05) is 30.3 Å². The van der Waals surface area contributed by atoms with Crippen molar-refractivity contribution in [3.8, 4) is 0 Å². The maximum absolute atomic E-state index is 11.7. The normalized spacial score (nSPS) is 10.0. The van der Waals surface area contributed by atoms with Crippen molar-refractivity contribution in [2.45, 2.75) is 6.61 Å². The molecule has 2 aromatic rings. The third-order valence-corrected chi connectivity index (χ3v) is 2.38. The van der Waals surface area contributed by atoms with Crippen LogP contribution >= 0.6 is 0 Å². The Morgan fingerprint density at radius 1 is 1.11 bits per heavy atom. The molecule has 0 amide bonds. The highest BCUT2D eigenvalue weighted by molar-refractivity contribution is 5.91. The van der Waals surface area contributed by atoms with E-state index in [2.05, 4.69) is 0 Å². The fourth-order valence-electron chi connectivity index (χ4n) is 1.51. The van der Waals surface area contributed by atoms with Gasteiger partial charge in [0, 0.05) is 6.20 Å². The first-order valence-electron chi connectivity index (χ1n) is 5.30. The van der Waals surface area contributed by atoms with Crippen LogP contribution in [0.3, 0.4) is 0 Å². The first kappa shape index (κ1) is 11.9. The highest BCUT2D eigenvalue weighted by Gasteiger charge is 2.15. The van der Waals surface area contributed by atoms with Crippen LogP contribution in [0, 0.1) is 0 Å². The number of hydrogen-bond donors (Lipinski definition) is 1. The summed E-state index contributed by atoms with van der Waals surface area (Å²) in [5.41, 5.74) is 0.845. The topological polar surface area (TPSA) is 68.5 Å². The van der Waals surface area contributed by atoms with Crippen molar-refractivity contribution in [3.63, 3.8) is 0 Å². The molecule has 5 heteroatoms. The van der Waals surface area contributed by atoms with Gasteiger partial charge < -0.3 is 9.84 Å². The molecule has 18 heavy (non-hydrogen) atoms. The Hall–Kier alpha value is -2.56. The van der Waals surface area contributed by atoms with E-state index in [9.17, 15) is 9.59 Å². The van der Waals surface area contributed by atoms with Gasteiger partial charge in [-0.05, 0) is 17.7 Å². The molecule has 0 atom stereocenters. The van der Waals surface area contributed by atoms with E-state index < -0.39 is 12.1 Å². The summed E-state index contributed by atoms with van der Waals surface area (Å²) in [4.78, 5) is 22.5. The number of aromatic nitrogens is 1. The van der Waals surface area contributed by atoms with Crippen LogP contribution in [0.2, 0.25) is 0 Å². The van der Waals surface area contributed by atoms with Gasteiger partial charge in [-0.1, -0.05) is 30.3 Å². The van der Waals surface area contributed by atoms with Crippen molar-refractivity contribution >= 4 is 12.1 Å². The van der Waals surface area contributed by atoms with Crippen LogP contribution in [-0.2, 0) is 11.3 Å². The lowest BCUT2D eigenvalue weighted by atomic mass is 10.2. The van der Waals surface area contributed by atoms with Crippen LogP contribution in [0.25, 0.3) is 0 Å². The molecule has 0 aliphatic rings. The Morgan fingerprint density at radius 3 is 2.50 bits per heavy atom. The second-order valence-corrected chi connectivity index (χ2v) is 3.61. The summed E-state index contributed by atoms with van der Waals surface area (Å²) in [6.45, 7) is 0.116. The Morgan fingerprint density at radius 2 is 1.83 bits per heavy atom. The van der Waals surface area contributed by atoms with Crippen LogP contribution in [-0.4, -0.2) is 21.7 Å². The minimum atomic E-state index is -1.22. The Kier molecular flexibility index (Phi) is 3.43. The van der Waals surface area contributed by atoms with Gasteiger partial charge in [-0.15, -0.1) is 0 Å². The molecule has 1 aromatic carbocycles. The quantitative estimate of drug-likeness (QED) is 0.843. The van der Waals surface area contributed by atoms with Gasteiger partial charge in [0.15, 0.2) is 0 Å². The highest BCUT2D eigenvalue weighted by Crippen LogP contribution is 2.07. The number of ether oxygens (including phenoxy) is 1. The molecule has 1 N–H and O–H groups in total. The molecule has 5 nitrogen and oxygen atoms in total. The number of benzene rings is 1. The fourth-order valence-corrected chi connectivity index (χ4v) is 1.51. The van der Waals surface area contributed by atoms with Gasteiger partial charge in [-0.25, -0.2) is 14.2 Å². The van der Waals surface area contributed by atoms with Gasteiger partial charge in [0.25, 0.3) is 0 Å². The number of carboxylic acid groups (broad SMARTS) is 1. The number of esters is 1. The third kappa shape index (κ3) is 2.57. The molecule has 1 aromatic heterocycles. The van der Waals surface area contributed by atoms with Crippen molar-refractivity contribution in [1.29, 1.82) is 0 Å². The smallest absolute Gasteiger partial charge is 0.416 e. The molecule has 0 fully saturated rings. The van der Waals surface area contributed by atoms with Gasteiger partial charge in [0.2, 0.25) is 0 Å². The van der Waals surface area contributed by atoms with Crippen molar-refractivity contribution in [2.75, 3.05) is 0 Å². The molecule has 0 spiro atoms. The average Bonchev–Trinajstić information content (AvgIpc) is 2.86. The summed E-state index contributed by atoms with van der Waals surface area (Å²) in [5, 5.41) is 8.84. The Bertz CT molecular complexity index is 559. The molecule has 1 heterocycles. The van der Waals surface area contributed by atoms with Crippen LogP contribution in [0.1, 0.15) is 16.1 Å². The average molecular weight is 245 g/mol. The fraction of sp³-hybridized carbons (Fsp3) is 0.0769. The summed E-state index contributed by atoms with van der Waals surface area (Å²) >= 11 is 0. The van der Waals surface area contributed by atoms with E-state index in [0.29, 0.717) is 0 Å².